The highest BCUT2D eigenvalue weighted by Crippen LogP contribution is 2.28. The summed E-state index contributed by atoms with van der Waals surface area (Å²) in [5, 5.41) is 3.63. The van der Waals surface area contributed by atoms with Crippen LogP contribution >= 0.6 is 0 Å². The molecule has 20 heavy (non-hydrogen) atoms. The van der Waals surface area contributed by atoms with Gasteiger partial charge in [-0.15, -0.1) is 0 Å². The van der Waals surface area contributed by atoms with Crippen molar-refractivity contribution >= 4 is 0 Å². The number of aromatic amines is 1. The maximum atomic E-state index is 4.79. The molecule has 1 aliphatic carbocycles. The molecule has 0 amide bonds. The minimum atomic E-state index is 0.421. The van der Waals surface area contributed by atoms with Gasteiger partial charge in [-0.1, -0.05) is 13.3 Å². The van der Waals surface area contributed by atoms with Gasteiger partial charge in [-0.25, -0.2) is 9.97 Å². The predicted molar refractivity (Wildman–Crippen MR) is 80.4 cm³/mol. The largest absolute Gasteiger partial charge is 0.359 e. The monoisotopic (exact) mass is 270 g/mol. The summed E-state index contributed by atoms with van der Waals surface area (Å²) in [6.45, 7) is 3.26. The fourth-order valence-corrected chi connectivity index (χ4v) is 2.84. The normalized spacial score (nSPS) is 18.6. The van der Waals surface area contributed by atoms with Crippen molar-refractivity contribution in [3.63, 3.8) is 0 Å². The van der Waals surface area contributed by atoms with Gasteiger partial charge in [0.15, 0.2) is 5.82 Å². The standard InChI is InChI=1S/C16H22N4/c1-2-9-17-13-6-3-4-7-14-12(13)11-19-16(20-14)15-8-5-10-18-15/h5,8,10-11,13,17-18H,2-4,6-7,9H2,1H3. The SMILES string of the molecule is CCCNC1CCCCc2nc(-c3ccc[nH]3)ncc21. The van der Waals surface area contributed by atoms with Crippen LogP contribution in [0.25, 0.3) is 11.5 Å². The van der Waals surface area contributed by atoms with Gasteiger partial charge < -0.3 is 10.3 Å². The van der Waals surface area contributed by atoms with E-state index in [0.717, 1.165) is 30.9 Å². The molecule has 4 nitrogen and oxygen atoms in total. The first-order valence-corrected chi connectivity index (χ1v) is 7.61. The molecular formula is C16H22N4. The van der Waals surface area contributed by atoms with Crippen molar-refractivity contribution in [3.05, 3.63) is 35.8 Å². The van der Waals surface area contributed by atoms with Gasteiger partial charge in [-0.05, 0) is 44.4 Å². The van der Waals surface area contributed by atoms with Crippen LogP contribution in [0.5, 0.6) is 0 Å². The van der Waals surface area contributed by atoms with E-state index in [-0.39, 0.29) is 0 Å². The van der Waals surface area contributed by atoms with Crippen molar-refractivity contribution in [2.75, 3.05) is 6.54 Å². The van der Waals surface area contributed by atoms with Crippen LogP contribution < -0.4 is 5.32 Å². The van der Waals surface area contributed by atoms with Gasteiger partial charge in [0.2, 0.25) is 0 Å². The average Bonchev–Trinajstić information content (AvgIpc) is 2.94. The van der Waals surface area contributed by atoms with E-state index in [4.69, 9.17) is 4.98 Å². The summed E-state index contributed by atoms with van der Waals surface area (Å²) < 4.78 is 0. The molecule has 0 fully saturated rings. The van der Waals surface area contributed by atoms with E-state index in [9.17, 15) is 0 Å². The van der Waals surface area contributed by atoms with Crippen LogP contribution in [0.1, 0.15) is 49.9 Å². The van der Waals surface area contributed by atoms with E-state index in [0.29, 0.717) is 6.04 Å². The van der Waals surface area contributed by atoms with E-state index >= 15 is 0 Å². The van der Waals surface area contributed by atoms with Gasteiger partial charge >= 0.3 is 0 Å². The molecule has 0 spiro atoms. The molecule has 0 bridgehead atoms. The molecule has 3 rings (SSSR count). The first-order chi connectivity index (χ1) is 9.88. The van der Waals surface area contributed by atoms with E-state index in [1.807, 2.05) is 24.5 Å². The third-order valence-electron chi connectivity index (χ3n) is 3.91. The van der Waals surface area contributed by atoms with Crippen LogP contribution in [0.3, 0.4) is 0 Å². The lowest BCUT2D eigenvalue weighted by atomic mass is 10.0. The Hall–Kier alpha value is -1.68. The number of fused-ring (bicyclic) bond motifs is 1. The molecule has 0 aliphatic heterocycles. The van der Waals surface area contributed by atoms with Gasteiger partial charge in [-0.2, -0.15) is 0 Å². The van der Waals surface area contributed by atoms with Gasteiger partial charge in [0.25, 0.3) is 0 Å². The van der Waals surface area contributed by atoms with E-state index in [2.05, 4.69) is 22.2 Å². The zero-order valence-electron chi connectivity index (χ0n) is 12.0. The van der Waals surface area contributed by atoms with E-state index in [1.54, 1.807) is 0 Å². The predicted octanol–water partition coefficient (Wildman–Crippen LogP) is 3.24. The molecule has 0 saturated heterocycles. The number of H-pyrrole nitrogens is 1. The molecule has 106 valence electrons. The Morgan fingerprint density at radius 1 is 1.40 bits per heavy atom. The van der Waals surface area contributed by atoms with Gasteiger partial charge in [0.1, 0.15) is 0 Å². The Labute approximate surface area is 120 Å². The molecule has 1 unspecified atom stereocenters. The Morgan fingerprint density at radius 3 is 3.15 bits per heavy atom. The maximum absolute atomic E-state index is 4.79. The van der Waals surface area contributed by atoms with Crippen molar-refractivity contribution < 1.29 is 0 Å². The molecular weight excluding hydrogens is 248 g/mol. The van der Waals surface area contributed by atoms with Crippen LogP contribution in [-0.2, 0) is 6.42 Å². The lowest BCUT2D eigenvalue weighted by molar-refractivity contribution is 0.488. The van der Waals surface area contributed by atoms with Gasteiger partial charge in [0, 0.05) is 29.7 Å². The van der Waals surface area contributed by atoms with Crippen molar-refractivity contribution in [3.8, 4) is 11.5 Å². The second-order valence-corrected chi connectivity index (χ2v) is 5.43. The fourth-order valence-electron chi connectivity index (χ4n) is 2.84. The lowest BCUT2D eigenvalue weighted by Gasteiger charge is -2.18. The fraction of sp³-hybridized carbons (Fsp3) is 0.500. The first kappa shape index (κ1) is 13.3. The molecule has 0 radical (unpaired) electrons. The highest BCUT2D eigenvalue weighted by molar-refractivity contribution is 5.49. The Bertz CT molecular complexity index is 548. The van der Waals surface area contributed by atoms with E-state index in [1.165, 1.54) is 30.5 Å². The molecule has 2 N–H and O–H groups in total. The zero-order valence-corrected chi connectivity index (χ0v) is 12.0. The van der Waals surface area contributed by atoms with Crippen molar-refractivity contribution in [1.82, 2.24) is 20.3 Å². The molecule has 2 heterocycles. The quantitative estimate of drug-likeness (QED) is 0.839. The summed E-state index contributed by atoms with van der Waals surface area (Å²) >= 11 is 0. The summed E-state index contributed by atoms with van der Waals surface area (Å²) in [5.41, 5.74) is 3.51. The van der Waals surface area contributed by atoms with Crippen LogP contribution in [0, 0.1) is 0 Å². The second-order valence-electron chi connectivity index (χ2n) is 5.43. The van der Waals surface area contributed by atoms with Gasteiger partial charge in [-0.3, -0.25) is 0 Å². The molecule has 2 aromatic heterocycles. The molecule has 0 aromatic carbocycles. The highest BCUT2D eigenvalue weighted by atomic mass is 15.0. The first-order valence-electron chi connectivity index (χ1n) is 7.61. The summed E-state index contributed by atoms with van der Waals surface area (Å²) in [5.74, 6) is 0.810. The Balaban J connectivity index is 1.91. The molecule has 1 aliphatic rings. The van der Waals surface area contributed by atoms with E-state index < -0.39 is 0 Å². The molecule has 1 atom stereocenters. The minimum absolute atomic E-state index is 0.421. The number of rotatable bonds is 4. The highest BCUT2D eigenvalue weighted by Gasteiger charge is 2.20. The van der Waals surface area contributed by atoms with Crippen molar-refractivity contribution in [2.24, 2.45) is 0 Å². The number of aryl methyl sites for hydroxylation is 1. The third-order valence-corrected chi connectivity index (χ3v) is 3.91. The Morgan fingerprint density at radius 2 is 2.35 bits per heavy atom. The number of hydrogen-bond donors (Lipinski definition) is 2. The van der Waals surface area contributed by atoms with Crippen LogP contribution in [0.15, 0.2) is 24.5 Å². The maximum Gasteiger partial charge on any atom is 0.176 e. The minimum Gasteiger partial charge on any atom is -0.359 e. The lowest BCUT2D eigenvalue weighted by Crippen LogP contribution is -2.23. The van der Waals surface area contributed by atoms with Gasteiger partial charge in [0.05, 0.1) is 5.69 Å². The zero-order chi connectivity index (χ0) is 13.8. The van der Waals surface area contributed by atoms with Crippen LogP contribution in [0.4, 0.5) is 0 Å². The van der Waals surface area contributed by atoms with Crippen LogP contribution in [0.2, 0.25) is 0 Å². The van der Waals surface area contributed by atoms with Crippen molar-refractivity contribution in [2.45, 2.75) is 45.1 Å². The summed E-state index contributed by atoms with van der Waals surface area (Å²) in [7, 11) is 0. The number of hydrogen-bond acceptors (Lipinski definition) is 3. The average molecular weight is 270 g/mol. The van der Waals surface area contributed by atoms with Crippen LogP contribution in [-0.4, -0.2) is 21.5 Å². The Kier molecular flexibility index (Phi) is 4.11. The topological polar surface area (TPSA) is 53.6 Å². The molecule has 4 heteroatoms. The third kappa shape index (κ3) is 2.75. The number of nitrogens with one attached hydrogen (secondary N) is 2. The summed E-state index contributed by atoms with van der Waals surface area (Å²) in [6.07, 6.45) is 9.84. The second kappa shape index (κ2) is 6.18. The smallest absolute Gasteiger partial charge is 0.176 e. The molecule has 2 aromatic rings. The number of nitrogens with zero attached hydrogens (tertiary/aromatic N) is 2. The molecule has 0 saturated carbocycles. The summed E-state index contributed by atoms with van der Waals surface area (Å²) in [4.78, 5) is 12.5. The van der Waals surface area contributed by atoms with Crippen molar-refractivity contribution in [1.29, 1.82) is 0 Å². The summed E-state index contributed by atoms with van der Waals surface area (Å²) in [6, 6.07) is 4.42. The number of aromatic nitrogens is 3.